The summed E-state index contributed by atoms with van der Waals surface area (Å²) < 4.78 is 27.3. The summed E-state index contributed by atoms with van der Waals surface area (Å²) in [7, 11) is -0.149. The maximum Gasteiger partial charge on any atom is 0.262 e. The number of halogens is 2. The van der Waals surface area contributed by atoms with Crippen LogP contribution in [-0.2, 0) is 10.0 Å². The fourth-order valence-corrected chi connectivity index (χ4v) is 3.22. The number of nitrogens with zero attached hydrogens (tertiary/aromatic N) is 2. The van der Waals surface area contributed by atoms with E-state index in [1.54, 1.807) is 23.1 Å². The van der Waals surface area contributed by atoms with E-state index in [1.807, 2.05) is 14.1 Å². The average molecular weight is 346 g/mol. The SMILES string of the molecule is CN(C)c1ccc(Cl)cc1NS(=O)(=O)c1ccnc(Cl)c1. The number of nitrogens with one attached hydrogen (secondary N) is 1. The molecule has 0 radical (unpaired) electrons. The number of rotatable bonds is 4. The second-order valence-corrected chi connectivity index (χ2v) is 6.98. The molecule has 21 heavy (non-hydrogen) atoms. The van der Waals surface area contributed by atoms with E-state index in [4.69, 9.17) is 23.2 Å². The molecule has 0 spiro atoms. The van der Waals surface area contributed by atoms with E-state index in [9.17, 15) is 8.42 Å². The van der Waals surface area contributed by atoms with Gasteiger partial charge in [0.2, 0.25) is 0 Å². The standard InChI is InChI=1S/C13H13Cl2N3O2S/c1-18(2)12-4-3-9(14)7-11(12)17-21(19,20)10-5-6-16-13(15)8-10/h3-8,17H,1-2H3. The van der Waals surface area contributed by atoms with Gasteiger partial charge in [-0.1, -0.05) is 23.2 Å². The third-order valence-corrected chi connectivity index (χ3v) is 4.50. The Labute approximate surface area is 133 Å². The van der Waals surface area contributed by atoms with Crippen molar-refractivity contribution in [2.24, 2.45) is 0 Å². The van der Waals surface area contributed by atoms with E-state index in [0.717, 1.165) is 0 Å². The highest BCUT2D eigenvalue weighted by Crippen LogP contribution is 2.30. The largest absolute Gasteiger partial charge is 0.376 e. The zero-order valence-corrected chi connectivity index (χ0v) is 13.7. The first-order valence-corrected chi connectivity index (χ1v) is 8.15. The van der Waals surface area contributed by atoms with Gasteiger partial charge in [0.1, 0.15) is 5.15 Å². The maximum atomic E-state index is 12.4. The second-order valence-electron chi connectivity index (χ2n) is 4.48. The number of anilines is 2. The highest BCUT2D eigenvalue weighted by Gasteiger charge is 2.17. The summed E-state index contributed by atoms with van der Waals surface area (Å²) in [6.45, 7) is 0. The van der Waals surface area contributed by atoms with E-state index >= 15 is 0 Å². The molecule has 1 aromatic carbocycles. The predicted octanol–water partition coefficient (Wildman–Crippen LogP) is 3.26. The summed E-state index contributed by atoms with van der Waals surface area (Å²) in [5, 5.41) is 0.544. The molecular weight excluding hydrogens is 333 g/mol. The molecule has 0 aliphatic heterocycles. The molecule has 0 bridgehead atoms. The van der Waals surface area contributed by atoms with Crippen molar-refractivity contribution in [3.8, 4) is 0 Å². The summed E-state index contributed by atoms with van der Waals surface area (Å²) in [6.07, 6.45) is 1.34. The molecule has 8 heteroatoms. The van der Waals surface area contributed by atoms with Gasteiger partial charge in [-0.25, -0.2) is 13.4 Å². The normalized spacial score (nSPS) is 11.2. The number of sulfonamides is 1. The molecule has 0 amide bonds. The molecule has 0 saturated heterocycles. The van der Waals surface area contributed by atoms with Crippen molar-refractivity contribution in [1.29, 1.82) is 0 Å². The van der Waals surface area contributed by atoms with Crippen molar-refractivity contribution in [1.82, 2.24) is 4.98 Å². The Bertz CT molecular complexity index is 764. The second kappa shape index (κ2) is 6.09. The number of benzene rings is 1. The maximum absolute atomic E-state index is 12.4. The van der Waals surface area contributed by atoms with Gasteiger partial charge < -0.3 is 4.90 Å². The van der Waals surface area contributed by atoms with E-state index in [2.05, 4.69) is 9.71 Å². The molecule has 0 aliphatic carbocycles. The molecule has 0 atom stereocenters. The van der Waals surface area contributed by atoms with Crippen LogP contribution < -0.4 is 9.62 Å². The molecular formula is C13H13Cl2N3O2S. The summed E-state index contributed by atoms with van der Waals surface area (Å²) >= 11 is 11.7. The number of pyridine rings is 1. The lowest BCUT2D eigenvalue weighted by molar-refractivity contribution is 0.601. The lowest BCUT2D eigenvalue weighted by atomic mass is 10.2. The van der Waals surface area contributed by atoms with Crippen LogP contribution in [0.15, 0.2) is 41.4 Å². The molecule has 0 aliphatic rings. The molecule has 0 fully saturated rings. The van der Waals surface area contributed by atoms with Gasteiger partial charge in [0.25, 0.3) is 10.0 Å². The molecule has 0 saturated carbocycles. The Balaban J connectivity index is 2.44. The summed E-state index contributed by atoms with van der Waals surface area (Å²) in [6, 6.07) is 7.63. The number of aromatic nitrogens is 1. The third-order valence-electron chi connectivity index (χ3n) is 2.69. The molecule has 1 N–H and O–H groups in total. The van der Waals surface area contributed by atoms with Crippen molar-refractivity contribution in [2.45, 2.75) is 4.90 Å². The van der Waals surface area contributed by atoms with Gasteiger partial charge in [0.05, 0.1) is 16.3 Å². The lowest BCUT2D eigenvalue weighted by Gasteiger charge is -2.18. The quantitative estimate of drug-likeness (QED) is 0.864. The minimum Gasteiger partial charge on any atom is -0.376 e. The monoisotopic (exact) mass is 345 g/mol. The molecule has 2 rings (SSSR count). The highest BCUT2D eigenvalue weighted by molar-refractivity contribution is 7.92. The van der Waals surface area contributed by atoms with Crippen LogP contribution in [0.5, 0.6) is 0 Å². The minimum absolute atomic E-state index is 0.0344. The van der Waals surface area contributed by atoms with Crippen LogP contribution in [0.1, 0.15) is 0 Å². The first-order chi connectivity index (χ1) is 9.79. The van der Waals surface area contributed by atoms with Crippen molar-refractivity contribution < 1.29 is 8.42 Å². The highest BCUT2D eigenvalue weighted by atomic mass is 35.5. The topological polar surface area (TPSA) is 62.3 Å². The van der Waals surface area contributed by atoms with Crippen LogP contribution in [0.25, 0.3) is 0 Å². The van der Waals surface area contributed by atoms with Gasteiger partial charge >= 0.3 is 0 Å². The zero-order chi connectivity index (χ0) is 15.6. The Morgan fingerprint density at radius 2 is 1.86 bits per heavy atom. The first-order valence-electron chi connectivity index (χ1n) is 5.91. The summed E-state index contributed by atoms with van der Waals surface area (Å²) in [5.41, 5.74) is 1.09. The third kappa shape index (κ3) is 3.78. The molecule has 1 aromatic heterocycles. The molecule has 2 aromatic rings. The smallest absolute Gasteiger partial charge is 0.262 e. The van der Waals surface area contributed by atoms with Crippen molar-refractivity contribution >= 4 is 44.6 Å². The lowest BCUT2D eigenvalue weighted by Crippen LogP contribution is -2.17. The van der Waals surface area contributed by atoms with E-state index in [0.29, 0.717) is 16.4 Å². The van der Waals surface area contributed by atoms with Crippen LogP contribution in [0, 0.1) is 0 Å². The zero-order valence-electron chi connectivity index (χ0n) is 11.3. The predicted molar refractivity (Wildman–Crippen MR) is 85.8 cm³/mol. The Kier molecular flexibility index (Phi) is 4.61. The van der Waals surface area contributed by atoms with E-state index in [1.165, 1.54) is 18.3 Å². The fourth-order valence-electron chi connectivity index (χ4n) is 1.74. The van der Waals surface area contributed by atoms with Crippen LogP contribution in [-0.4, -0.2) is 27.5 Å². The molecule has 0 unspecified atom stereocenters. The van der Waals surface area contributed by atoms with Crippen molar-refractivity contribution in [3.05, 3.63) is 46.7 Å². The summed E-state index contributed by atoms with van der Waals surface area (Å²) in [5.74, 6) is 0. The van der Waals surface area contributed by atoms with Gasteiger partial charge in [-0.2, -0.15) is 0 Å². The van der Waals surface area contributed by atoms with Gasteiger partial charge in [-0.15, -0.1) is 0 Å². The van der Waals surface area contributed by atoms with Gasteiger partial charge in [-0.3, -0.25) is 4.72 Å². The minimum atomic E-state index is -3.77. The first kappa shape index (κ1) is 15.9. The average Bonchev–Trinajstić information content (AvgIpc) is 2.38. The van der Waals surface area contributed by atoms with Crippen LogP contribution >= 0.6 is 23.2 Å². The fraction of sp³-hybridized carbons (Fsp3) is 0.154. The van der Waals surface area contributed by atoms with E-state index < -0.39 is 10.0 Å². The van der Waals surface area contributed by atoms with E-state index in [-0.39, 0.29) is 10.0 Å². The summed E-state index contributed by atoms with van der Waals surface area (Å²) in [4.78, 5) is 5.58. The van der Waals surface area contributed by atoms with Crippen LogP contribution in [0.4, 0.5) is 11.4 Å². The van der Waals surface area contributed by atoms with Gasteiger partial charge in [-0.05, 0) is 30.3 Å². The number of hydrogen-bond acceptors (Lipinski definition) is 4. The molecule has 5 nitrogen and oxygen atoms in total. The molecule has 112 valence electrons. The van der Waals surface area contributed by atoms with Crippen molar-refractivity contribution in [3.63, 3.8) is 0 Å². The van der Waals surface area contributed by atoms with Gasteiger partial charge in [0.15, 0.2) is 0 Å². The van der Waals surface area contributed by atoms with Gasteiger partial charge in [0, 0.05) is 25.3 Å². The Hall–Kier alpha value is -1.50. The van der Waals surface area contributed by atoms with Crippen molar-refractivity contribution in [2.75, 3.05) is 23.7 Å². The Morgan fingerprint density at radius 3 is 2.48 bits per heavy atom. The Morgan fingerprint density at radius 1 is 1.14 bits per heavy atom. The van der Waals surface area contributed by atoms with Crippen LogP contribution in [0.2, 0.25) is 10.2 Å². The van der Waals surface area contributed by atoms with Crippen LogP contribution in [0.3, 0.4) is 0 Å². The molecule has 1 heterocycles. The number of hydrogen-bond donors (Lipinski definition) is 1.